The Hall–Kier alpha value is -3.62. The molecule has 2 rings (SSSR count). The second-order valence-corrected chi connectivity index (χ2v) is 5.31. The molecule has 1 aromatic carbocycles. The van der Waals surface area contributed by atoms with Crippen molar-refractivity contribution in [2.45, 2.75) is 6.92 Å². The van der Waals surface area contributed by atoms with Crippen molar-refractivity contribution in [1.29, 1.82) is 0 Å². The Labute approximate surface area is 154 Å². The number of hydrogen-bond donors (Lipinski definition) is 2. The highest BCUT2D eigenvalue weighted by molar-refractivity contribution is 6.31. The number of barbiturate groups is 1. The zero-order valence-electron chi connectivity index (χ0n) is 14.6. The molecule has 1 heterocycles. The standard InChI is InChI=1S/C18H18N2O7/c1-3-8-20-17(24)12(16(23)19-18(20)25)9-11-6-5-7-13(26-4-2)15(11)27-10-14(21)22/h3,5-7,9H,1,4,8,10H2,2H3,(H,21,22)(H,19,23,25)/b12-9+. The highest BCUT2D eigenvalue weighted by Gasteiger charge is 2.35. The van der Waals surface area contributed by atoms with Crippen LogP contribution in [0.1, 0.15) is 12.5 Å². The summed E-state index contributed by atoms with van der Waals surface area (Å²) in [6.45, 7) is 4.79. The number of urea groups is 1. The summed E-state index contributed by atoms with van der Waals surface area (Å²) < 4.78 is 10.7. The molecule has 2 N–H and O–H groups in total. The number of rotatable bonds is 8. The van der Waals surface area contributed by atoms with Gasteiger partial charge in [0.1, 0.15) is 5.57 Å². The lowest BCUT2D eigenvalue weighted by Crippen LogP contribution is -2.54. The molecule has 0 spiro atoms. The average molecular weight is 374 g/mol. The fourth-order valence-corrected chi connectivity index (χ4v) is 2.35. The molecule has 0 aliphatic carbocycles. The minimum Gasteiger partial charge on any atom is -0.490 e. The first kappa shape index (κ1) is 19.7. The molecule has 0 saturated carbocycles. The Morgan fingerprint density at radius 3 is 2.67 bits per heavy atom. The minimum atomic E-state index is -1.20. The first-order valence-electron chi connectivity index (χ1n) is 7.99. The van der Waals surface area contributed by atoms with E-state index in [0.717, 1.165) is 4.90 Å². The smallest absolute Gasteiger partial charge is 0.341 e. The summed E-state index contributed by atoms with van der Waals surface area (Å²) in [5.74, 6) is -2.53. The van der Waals surface area contributed by atoms with Crippen LogP contribution >= 0.6 is 0 Å². The van der Waals surface area contributed by atoms with Gasteiger partial charge >= 0.3 is 12.0 Å². The van der Waals surface area contributed by atoms with Crippen LogP contribution in [-0.2, 0) is 14.4 Å². The maximum absolute atomic E-state index is 12.5. The number of nitrogens with one attached hydrogen (secondary N) is 1. The number of para-hydroxylation sites is 1. The van der Waals surface area contributed by atoms with Crippen molar-refractivity contribution in [2.75, 3.05) is 19.8 Å². The molecule has 142 valence electrons. The van der Waals surface area contributed by atoms with Crippen molar-refractivity contribution in [1.82, 2.24) is 10.2 Å². The number of hydrogen-bond acceptors (Lipinski definition) is 6. The molecule has 0 unspecified atom stereocenters. The maximum Gasteiger partial charge on any atom is 0.341 e. The summed E-state index contributed by atoms with van der Waals surface area (Å²) in [4.78, 5) is 48.1. The molecular weight excluding hydrogens is 356 g/mol. The molecule has 1 saturated heterocycles. The maximum atomic E-state index is 12.5. The van der Waals surface area contributed by atoms with Crippen LogP contribution < -0.4 is 14.8 Å². The summed E-state index contributed by atoms with van der Waals surface area (Å²) in [7, 11) is 0. The van der Waals surface area contributed by atoms with E-state index in [4.69, 9.17) is 14.6 Å². The van der Waals surface area contributed by atoms with Crippen molar-refractivity contribution >= 4 is 29.9 Å². The van der Waals surface area contributed by atoms with Crippen LogP contribution in [0, 0.1) is 0 Å². The molecule has 1 aliphatic rings. The number of imide groups is 2. The van der Waals surface area contributed by atoms with Gasteiger partial charge in [0.25, 0.3) is 11.8 Å². The van der Waals surface area contributed by atoms with E-state index in [1.54, 1.807) is 19.1 Å². The monoisotopic (exact) mass is 374 g/mol. The Morgan fingerprint density at radius 2 is 2.04 bits per heavy atom. The number of carbonyl (C=O) groups is 4. The molecule has 9 heteroatoms. The van der Waals surface area contributed by atoms with E-state index in [0.29, 0.717) is 6.61 Å². The van der Waals surface area contributed by atoms with Gasteiger partial charge in [0, 0.05) is 12.1 Å². The van der Waals surface area contributed by atoms with E-state index in [1.165, 1.54) is 18.2 Å². The SMILES string of the molecule is C=CCN1C(=O)NC(=O)/C(=C\c2cccc(OCC)c2OCC(=O)O)C1=O. The van der Waals surface area contributed by atoms with Gasteiger partial charge < -0.3 is 14.6 Å². The molecule has 0 bridgehead atoms. The van der Waals surface area contributed by atoms with Crippen LogP contribution in [0.15, 0.2) is 36.4 Å². The summed E-state index contributed by atoms with van der Waals surface area (Å²) in [6, 6.07) is 3.86. The van der Waals surface area contributed by atoms with Crippen molar-refractivity contribution in [3.05, 3.63) is 42.0 Å². The van der Waals surface area contributed by atoms with Gasteiger partial charge in [0.2, 0.25) is 0 Å². The second kappa shape index (κ2) is 8.65. The van der Waals surface area contributed by atoms with Crippen molar-refractivity contribution in [3.63, 3.8) is 0 Å². The Kier molecular flexibility index (Phi) is 6.32. The van der Waals surface area contributed by atoms with Crippen molar-refractivity contribution in [3.8, 4) is 11.5 Å². The normalized spacial score (nSPS) is 15.5. The number of amides is 4. The molecule has 1 aromatic rings. The average Bonchev–Trinajstić information content (AvgIpc) is 2.61. The molecule has 0 atom stereocenters. The number of carbonyl (C=O) groups excluding carboxylic acids is 3. The molecule has 1 fully saturated rings. The molecule has 1 aliphatic heterocycles. The Morgan fingerprint density at radius 1 is 1.30 bits per heavy atom. The molecule has 0 aromatic heterocycles. The highest BCUT2D eigenvalue weighted by atomic mass is 16.5. The number of aliphatic carboxylic acids is 1. The van der Waals surface area contributed by atoms with Crippen molar-refractivity contribution < 1.29 is 33.8 Å². The van der Waals surface area contributed by atoms with Gasteiger partial charge in [0.15, 0.2) is 18.1 Å². The van der Waals surface area contributed by atoms with E-state index in [9.17, 15) is 19.2 Å². The first-order chi connectivity index (χ1) is 12.9. The Balaban J connectivity index is 2.49. The van der Waals surface area contributed by atoms with Crippen LogP contribution in [0.4, 0.5) is 4.79 Å². The van der Waals surface area contributed by atoms with Crippen LogP contribution in [0.2, 0.25) is 0 Å². The summed E-state index contributed by atoms with van der Waals surface area (Å²) >= 11 is 0. The van der Waals surface area contributed by atoms with Gasteiger partial charge in [-0.2, -0.15) is 0 Å². The zero-order valence-corrected chi connectivity index (χ0v) is 14.6. The van der Waals surface area contributed by atoms with E-state index < -0.39 is 30.4 Å². The van der Waals surface area contributed by atoms with Gasteiger partial charge in [-0.25, -0.2) is 9.59 Å². The predicted octanol–water partition coefficient (Wildman–Crippen LogP) is 1.20. The van der Waals surface area contributed by atoms with Gasteiger partial charge in [0.05, 0.1) is 6.61 Å². The molecular formula is C18H18N2O7. The lowest BCUT2D eigenvalue weighted by atomic mass is 10.1. The van der Waals surface area contributed by atoms with Gasteiger partial charge in [-0.3, -0.25) is 19.8 Å². The van der Waals surface area contributed by atoms with Crippen LogP contribution in [0.3, 0.4) is 0 Å². The molecule has 9 nitrogen and oxygen atoms in total. The van der Waals surface area contributed by atoms with Gasteiger partial charge in [-0.1, -0.05) is 18.2 Å². The number of ether oxygens (including phenoxy) is 2. The summed E-state index contributed by atoms with van der Waals surface area (Å²) in [5, 5.41) is 10.9. The van der Waals surface area contributed by atoms with Crippen molar-refractivity contribution in [2.24, 2.45) is 0 Å². The summed E-state index contributed by atoms with van der Waals surface area (Å²) in [5.41, 5.74) is -0.0427. The predicted molar refractivity (Wildman–Crippen MR) is 94.2 cm³/mol. The lowest BCUT2D eigenvalue weighted by molar-refractivity contribution is -0.139. The summed E-state index contributed by atoms with van der Waals surface area (Å²) in [6.07, 6.45) is 2.57. The minimum absolute atomic E-state index is 0.0713. The van der Waals surface area contributed by atoms with E-state index >= 15 is 0 Å². The topological polar surface area (TPSA) is 122 Å². The molecule has 0 radical (unpaired) electrons. The highest BCUT2D eigenvalue weighted by Crippen LogP contribution is 2.33. The number of carboxylic acid groups (broad SMARTS) is 1. The largest absolute Gasteiger partial charge is 0.490 e. The quantitative estimate of drug-likeness (QED) is 0.398. The number of carboxylic acids is 1. The van der Waals surface area contributed by atoms with Gasteiger partial charge in [-0.05, 0) is 19.1 Å². The third kappa shape index (κ3) is 4.51. The molecule has 4 amide bonds. The fraction of sp³-hybridized carbons (Fsp3) is 0.222. The number of nitrogens with zero attached hydrogens (tertiary/aromatic N) is 1. The van der Waals surface area contributed by atoms with E-state index in [1.807, 2.05) is 0 Å². The Bertz CT molecular complexity index is 829. The third-order valence-electron chi connectivity index (χ3n) is 3.45. The van der Waals surface area contributed by atoms with Crippen LogP contribution in [0.25, 0.3) is 6.08 Å². The van der Waals surface area contributed by atoms with Crippen LogP contribution in [0.5, 0.6) is 11.5 Å². The van der Waals surface area contributed by atoms with E-state index in [2.05, 4.69) is 11.9 Å². The third-order valence-corrected chi connectivity index (χ3v) is 3.45. The zero-order chi connectivity index (χ0) is 20.0. The first-order valence-corrected chi connectivity index (χ1v) is 7.99. The van der Waals surface area contributed by atoms with E-state index in [-0.39, 0.29) is 29.2 Å². The fourth-order valence-electron chi connectivity index (χ4n) is 2.35. The number of benzene rings is 1. The molecule has 27 heavy (non-hydrogen) atoms. The second-order valence-electron chi connectivity index (χ2n) is 5.31. The van der Waals surface area contributed by atoms with Crippen LogP contribution in [-0.4, -0.2) is 53.6 Å². The van der Waals surface area contributed by atoms with Gasteiger partial charge in [-0.15, -0.1) is 6.58 Å². The lowest BCUT2D eigenvalue weighted by Gasteiger charge is -2.25.